The van der Waals surface area contributed by atoms with E-state index in [2.05, 4.69) is 5.32 Å². The summed E-state index contributed by atoms with van der Waals surface area (Å²) in [6, 6.07) is 8.62. The van der Waals surface area contributed by atoms with Crippen LogP contribution in [0.3, 0.4) is 0 Å². The summed E-state index contributed by atoms with van der Waals surface area (Å²) >= 11 is 6.07. The fourth-order valence-electron chi connectivity index (χ4n) is 1.72. The Morgan fingerprint density at radius 1 is 1.21 bits per heavy atom. The summed E-state index contributed by atoms with van der Waals surface area (Å²) in [7, 11) is 1.54. The Labute approximate surface area is 115 Å². The van der Waals surface area contributed by atoms with Crippen molar-refractivity contribution in [2.45, 2.75) is 6.54 Å². The molecule has 0 saturated heterocycles. The van der Waals surface area contributed by atoms with Gasteiger partial charge in [-0.3, -0.25) is 0 Å². The van der Waals surface area contributed by atoms with E-state index in [1.807, 2.05) is 0 Å². The molecule has 0 aliphatic carbocycles. The van der Waals surface area contributed by atoms with Crippen LogP contribution in [0.1, 0.15) is 5.56 Å². The Morgan fingerprint density at radius 3 is 2.68 bits per heavy atom. The van der Waals surface area contributed by atoms with Gasteiger partial charge in [0.2, 0.25) is 0 Å². The van der Waals surface area contributed by atoms with E-state index in [9.17, 15) is 8.78 Å². The number of ether oxygens (including phenoxy) is 1. The van der Waals surface area contributed by atoms with Crippen LogP contribution < -0.4 is 10.1 Å². The summed E-state index contributed by atoms with van der Waals surface area (Å²) < 4.78 is 31.4. The largest absolute Gasteiger partial charge is 0.496 e. The molecule has 19 heavy (non-hydrogen) atoms. The fraction of sp³-hybridized carbons (Fsp3) is 0.143. The molecule has 0 fully saturated rings. The maximum atomic E-state index is 13.5. The van der Waals surface area contributed by atoms with Crippen molar-refractivity contribution in [1.82, 2.24) is 0 Å². The Morgan fingerprint density at radius 2 is 2.00 bits per heavy atom. The molecule has 2 rings (SSSR count). The molecule has 0 amide bonds. The first-order chi connectivity index (χ1) is 9.11. The molecule has 2 aromatic rings. The molecular formula is C14H12ClF2NO. The average Bonchev–Trinajstić information content (AvgIpc) is 2.39. The summed E-state index contributed by atoms with van der Waals surface area (Å²) in [6.07, 6.45) is 0. The van der Waals surface area contributed by atoms with Crippen molar-refractivity contribution in [2.75, 3.05) is 12.4 Å². The smallest absolute Gasteiger partial charge is 0.149 e. The molecule has 100 valence electrons. The van der Waals surface area contributed by atoms with Crippen LogP contribution >= 0.6 is 11.6 Å². The number of benzene rings is 2. The van der Waals surface area contributed by atoms with Crippen LogP contribution in [-0.4, -0.2) is 7.11 Å². The second-order valence-corrected chi connectivity index (χ2v) is 4.31. The molecule has 0 radical (unpaired) electrons. The van der Waals surface area contributed by atoms with Gasteiger partial charge < -0.3 is 10.1 Å². The van der Waals surface area contributed by atoms with Crippen molar-refractivity contribution in [1.29, 1.82) is 0 Å². The molecule has 0 spiro atoms. The zero-order valence-corrected chi connectivity index (χ0v) is 11.0. The van der Waals surface area contributed by atoms with Crippen LogP contribution in [0.5, 0.6) is 5.75 Å². The summed E-state index contributed by atoms with van der Waals surface area (Å²) in [6.45, 7) is 0.283. The minimum atomic E-state index is -0.647. The van der Waals surface area contributed by atoms with Gasteiger partial charge in [-0.2, -0.15) is 0 Å². The monoisotopic (exact) mass is 283 g/mol. The lowest BCUT2D eigenvalue weighted by molar-refractivity contribution is 0.410. The van der Waals surface area contributed by atoms with Gasteiger partial charge in [0.15, 0.2) is 0 Å². The van der Waals surface area contributed by atoms with Crippen LogP contribution in [-0.2, 0) is 6.54 Å². The first-order valence-electron chi connectivity index (χ1n) is 5.62. The number of hydrogen-bond acceptors (Lipinski definition) is 2. The van der Waals surface area contributed by atoms with Crippen molar-refractivity contribution in [2.24, 2.45) is 0 Å². The van der Waals surface area contributed by atoms with Crippen LogP contribution in [0.2, 0.25) is 5.02 Å². The first-order valence-corrected chi connectivity index (χ1v) is 6.00. The van der Waals surface area contributed by atoms with E-state index in [0.29, 0.717) is 10.8 Å². The van der Waals surface area contributed by atoms with Crippen molar-refractivity contribution in [3.8, 4) is 5.75 Å². The predicted octanol–water partition coefficient (Wildman–Crippen LogP) is 4.24. The molecule has 0 bridgehead atoms. The average molecular weight is 284 g/mol. The van der Waals surface area contributed by atoms with E-state index < -0.39 is 11.6 Å². The van der Waals surface area contributed by atoms with Gasteiger partial charge in [-0.1, -0.05) is 17.7 Å². The highest BCUT2D eigenvalue weighted by Crippen LogP contribution is 2.27. The Hall–Kier alpha value is -1.81. The highest BCUT2D eigenvalue weighted by atomic mass is 35.5. The minimum Gasteiger partial charge on any atom is -0.496 e. The van der Waals surface area contributed by atoms with E-state index in [-0.39, 0.29) is 12.2 Å². The van der Waals surface area contributed by atoms with E-state index in [1.165, 1.54) is 19.2 Å². The summed E-state index contributed by atoms with van der Waals surface area (Å²) in [5.74, 6) is -0.646. The van der Waals surface area contributed by atoms with Crippen LogP contribution in [0.15, 0.2) is 36.4 Å². The molecule has 0 aliphatic rings. The van der Waals surface area contributed by atoms with E-state index in [4.69, 9.17) is 16.3 Å². The summed E-state index contributed by atoms with van der Waals surface area (Å²) in [4.78, 5) is 0. The number of rotatable bonds is 4. The molecule has 5 heteroatoms. The van der Waals surface area contributed by atoms with Gasteiger partial charge in [-0.05, 0) is 24.3 Å². The number of hydrogen-bond donors (Lipinski definition) is 1. The lowest BCUT2D eigenvalue weighted by Crippen LogP contribution is -2.04. The summed E-state index contributed by atoms with van der Waals surface area (Å²) in [5.41, 5.74) is 0.929. The van der Waals surface area contributed by atoms with Crippen LogP contribution in [0.4, 0.5) is 14.5 Å². The maximum Gasteiger partial charge on any atom is 0.149 e. The Balaban J connectivity index is 2.19. The van der Waals surface area contributed by atoms with Gasteiger partial charge in [0.25, 0.3) is 0 Å². The zero-order chi connectivity index (χ0) is 13.8. The fourth-order valence-corrected chi connectivity index (χ4v) is 1.95. The van der Waals surface area contributed by atoms with Gasteiger partial charge in [0.05, 0.1) is 12.8 Å². The number of nitrogens with one attached hydrogen (secondary N) is 1. The molecule has 0 aromatic heterocycles. The van der Waals surface area contributed by atoms with Crippen molar-refractivity contribution < 1.29 is 13.5 Å². The Bertz CT molecular complexity index is 590. The Kier molecular flexibility index (Phi) is 4.22. The quantitative estimate of drug-likeness (QED) is 0.906. The third-order valence-electron chi connectivity index (χ3n) is 2.68. The lowest BCUT2D eigenvalue weighted by atomic mass is 10.2. The minimum absolute atomic E-state index is 0.211. The third kappa shape index (κ3) is 3.15. The van der Waals surface area contributed by atoms with Gasteiger partial charge in [0.1, 0.15) is 17.4 Å². The van der Waals surface area contributed by atoms with Gasteiger partial charge in [-0.15, -0.1) is 0 Å². The predicted molar refractivity (Wildman–Crippen MR) is 71.7 cm³/mol. The summed E-state index contributed by atoms with van der Waals surface area (Å²) in [5, 5.41) is 3.39. The van der Waals surface area contributed by atoms with Gasteiger partial charge in [-0.25, -0.2) is 8.78 Å². The van der Waals surface area contributed by atoms with Crippen molar-refractivity contribution >= 4 is 17.3 Å². The third-order valence-corrected chi connectivity index (χ3v) is 3.04. The van der Waals surface area contributed by atoms with Crippen LogP contribution in [0.25, 0.3) is 0 Å². The molecule has 0 aliphatic heterocycles. The number of halogens is 3. The number of methoxy groups -OCH3 is 1. The molecule has 1 N–H and O–H groups in total. The first kappa shape index (κ1) is 13.6. The van der Waals surface area contributed by atoms with Gasteiger partial charge >= 0.3 is 0 Å². The van der Waals surface area contributed by atoms with Crippen molar-refractivity contribution in [3.05, 3.63) is 58.6 Å². The van der Waals surface area contributed by atoms with Crippen LogP contribution in [0, 0.1) is 11.6 Å². The second-order valence-electron chi connectivity index (χ2n) is 3.90. The molecule has 0 heterocycles. The highest BCUT2D eigenvalue weighted by molar-refractivity contribution is 6.31. The molecule has 0 unspecified atom stereocenters. The van der Waals surface area contributed by atoms with E-state index in [0.717, 1.165) is 11.6 Å². The lowest BCUT2D eigenvalue weighted by Gasteiger charge is -2.12. The maximum absolute atomic E-state index is 13.5. The molecule has 0 atom stereocenters. The molecule has 2 nitrogen and oxygen atoms in total. The highest BCUT2D eigenvalue weighted by Gasteiger charge is 2.09. The standard InChI is InChI=1S/C14H12ClF2NO/c1-19-14-4-2-3-11(15)10(14)8-18-13-6-5-9(16)7-12(13)17/h2-7,18H,8H2,1H3. The zero-order valence-electron chi connectivity index (χ0n) is 10.2. The van der Waals surface area contributed by atoms with Gasteiger partial charge in [0, 0.05) is 23.2 Å². The topological polar surface area (TPSA) is 21.3 Å². The molecular weight excluding hydrogens is 272 g/mol. The molecule has 2 aromatic carbocycles. The SMILES string of the molecule is COc1cccc(Cl)c1CNc1ccc(F)cc1F. The normalized spacial score (nSPS) is 10.3. The second kappa shape index (κ2) is 5.89. The number of anilines is 1. The van der Waals surface area contributed by atoms with Crippen molar-refractivity contribution in [3.63, 3.8) is 0 Å². The van der Waals surface area contributed by atoms with E-state index in [1.54, 1.807) is 18.2 Å². The molecule has 0 saturated carbocycles. The van der Waals surface area contributed by atoms with E-state index >= 15 is 0 Å².